The lowest BCUT2D eigenvalue weighted by atomic mass is 11.1. The molecule has 54 valence electrons. The summed E-state index contributed by atoms with van der Waals surface area (Å²) in [7, 11) is 0. The van der Waals surface area contributed by atoms with E-state index in [1.807, 2.05) is 0 Å². The molecular weight excluding hydrogens is 227 g/mol. The molecule has 1 aromatic rings. The standard InChI is InChI=1S/C2BrClN4O2/c3-1-5-2(8(9)10)6-7(1)4. The number of hydrogen-bond acceptors (Lipinski definition) is 4. The molecule has 10 heavy (non-hydrogen) atoms. The van der Waals surface area contributed by atoms with E-state index in [0.29, 0.717) is 0 Å². The lowest BCUT2D eigenvalue weighted by molar-refractivity contribution is -0.394. The summed E-state index contributed by atoms with van der Waals surface area (Å²) in [6, 6.07) is 0. The third kappa shape index (κ3) is 1.24. The second-order valence-corrected chi connectivity index (χ2v) is 2.33. The summed E-state index contributed by atoms with van der Waals surface area (Å²) in [6.07, 6.45) is 0. The maximum Gasteiger partial charge on any atom is 0.493 e. The van der Waals surface area contributed by atoms with Gasteiger partial charge in [0.2, 0.25) is 0 Å². The maximum absolute atomic E-state index is 9.95. The van der Waals surface area contributed by atoms with E-state index in [4.69, 9.17) is 11.8 Å². The van der Waals surface area contributed by atoms with E-state index in [0.717, 1.165) is 4.20 Å². The van der Waals surface area contributed by atoms with Crippen molar-refractivity contribution in [3.05, 3.63) is 14.8 Å². The van der Waals surface area contributed by atoms with Gasteiger partial charge in [0.05, 0.1) is 11.8 Å². The first-order valence-corrected chi connectivity index (χ1v) is 3.17. The van der Waals surface area contributed by atoms with Gasteiger partial charge in [0, 0.05) is 21.0 Å². The van der Waals surface area contributed by atoms with Gasteiger partial charge in [0.25, 0.3) is 0 Å². The molecule has 0 fully saturated rings. The summed E-state index contributed by atoms with van der Waals surface area (Å²) in [4.78, 5) is 12.6. The van der Waals surface area contributed by atoms with E-state index in [1.54, 1.807) is 0 Å². The van der Waals surface area contributed by atoms with Crippen LogP contribution in [0.15, 0.2) is 4.73 Å². The van der Waals surface area contributed by atoms with Crippen LogP contribution in [0.4, 0.5) is 5.95 Å². The van der Waals surface area contributed by atoms with Gasteiger partial charge >= 0.3 is 10.7 Å². The fraction of sp³-hybridized carbons (Fsp3) is 0. The Balaban J connectivity index is 3.10. The van der Waals surface area contributed by atoms with E-state index in [2.05, 4.69) is 26.0 Å². The Bertz CT molecular complexity index is 253. The zero-order valence-electron chi connectivity index (χ0n) is 4.36. The van der Waals surface area contributed by atoms with Gasteiger partial charge < -0.3 is 10.1 Å². The summed E-state index contributed by atoms with van der Waals surface area (Å²) >= 11 is 8.10. The van der Waals surface area contributed by atoms with Gasteiger partial charge in [0.1, 0.15) is 0 Å². The van der Waals surface area contributed by atoms with Crippen molar-refractivity contribution in [3.63, 3.8) is 0 Å². The highest BCUT2D eigenvalue weighted by molar-refractivity contribution is 9.10. The van der Waals surface area contributed by atoms with Crippen LogP contribution in [0.5, 0.6) is 0 Å². The van der Waals surface area contributed by atoms with Crippen LogP contribution in [-0.4, -0.2) is 19.2 Å². The minimum Gasteiger partial charge on any atom is -0.390 e. The van der Waals surface area contributed by atoms with E-state index < -0.39 is 10.9 Å². The Morgan fingerprint density at radius 3 is 2.60 bits per heavy atom. The van der Waals surface area contributed by atoms with Gasteiger partial charge in [-0.3, -0.25) is 0 Å². The lowest BCUT2D eigenvalue weighted by Crippen LogP contribution is -1.90. The highest BCUT2D eigenvalue weighted by atomic mass is 79.9. The molecule has 8 heteroatoms. The maximum atomic E-state index is 9.95. The van der Waals surface area contributed by atoms with Crippen molar-refractivity contribution in [2.24, 2.45) is 0 Å². The number of aromatic nitrogens is 3. The molecule has 1 rings (SSSR count). The zero-order valence-corrected chi connectivity index (χ0v) is 6.70. The van der Waals surface area contributed by atoms with Gasteiger partial charge in [0.15, 0.2) is 0 Å². The van der Waals surface area contributed by atoms with Gasteiger partial charge in [-0.15, -0.1) is 0 Å². The van der Waals surface area contributed by atoms with Crippen LogP contribution in [0.2, 0.25) is 0 Å². The summed E-state index contributed by atoms with van der Waals surface area (Å²) in [5, 5.41) is 13.2. The highest BCUT2D eigenvalue weighted by Crippen LogP contribution is 2.12. The van der Waals surface area contributed by atoms with Crippen molar-refractivity contribution in [1.29, 1.82) is 0 Å². The van der Waals surface area contributed by atoms with Gasteiger partial charge in [-0.25, -0.2) is 0 Å². The first-order valence-electron chi connectivity index (χ1n) is 2.04. The Kier molecular flexibility index (Phi) is 1.86. The number of nitrogens with zero attached hydrogens (tertiary/aromatic N) is 4. The topological polar surface area (TPSA) is 73.8 Å². The summed E-state index contributed by atoms with van der Waals surface area (Å²) in [6.45, 7) is 0. The van der Waals surface area contributed by atoms with Gasteiger partial charge in [-0.05, 0) is 9.91 Å². The van der Waals surface area contributed by atoms with Crippen molar-refractivity contribution in [2.75, 3.05) is 0 Å². The first-order chi connectivity index (χ1) is 4.61. The monoisotopic (exact) mass is 226 g/mol. The number of halogens is 2. The third-order valence-corrected chi connectivity index (χ3v) is 1.64. The van der Waals surface area contributed by atoms with Crippen molar-refractivity contribution in [3.8, 4) is 0 Å². The van der Waals surface area contributed by atoms with Crippen LogP contribution in [0, 0.1) is 10.1 Å². The van der Waals surface area contributed by atoms with Crippen LogP contribution in [0.25, 0.3) is 0 Å². The minimum absolute atomic E-state index is 0.112. The van der Waals surface area contributed by atoms with Crippen molar-refractivity contribution < 1.29 is 4.92 Å². The largest absolute Gasteiger partial charge is 0.493 e. The molecule has 0 saturated carbocycles. The number of hydrogen-bond donors (Lipinski definition) is 0. The van der Waals surface area contributed by atoms with E-state index in [9.17, 15) is 10.1 Å². The Morgan fingerprint density at radius 1 is 1.80 bits per heavy atom. The molecule has 1 aromatic heterocycles. The highest BCUT2D eigenvalue weighted by Gasteiger charge is 2.17. The van der Waals surface area contributed by atoms with Crippen LogP contribution in [0.1, 0.15) is 0 Å². The van der Waals surface area contributed by atoms with Crippen molar-refractivity contribution in [2.45, 2.75) is 0 Å². The molecule has 0 aromatic carbocycles. The minimum atomic E-state index is -0.732. The van der Waals surface area contributed by atoms with Crippen molar-refractivity contribution in [1.82, 2.24) is 14.3 Å². The van der Waals surface area contributed by atoms with E-state index in [-0.39, 0.29) is 4.73 Å². The Labute approximate surface area is 68.2 Å². The fourth-order valence-electron chi connectivity index (χ4n) is 0.343. The van der Waals surface area contributed by atoms with Gasteiger partial charge in [-0.2, -0.15) is 0 Å². The Morgan fingerprint density at radius 2 is 2.40 bits per heavy atom. The molecule has 0 aliphatic heterocycles. The summed E-state index contributed by atoms with van der Waals surface area (Å²) in [5.74, 6) is -0.526. The van der Waals surface area contributed by atoms with Crippen molar-refractivity contribution >= 4 is 33.7 Å². The smallest absolute Gasteiger partial charge is 0.390 e. The molecule has 0 aliphatic rings. The molecule has 0 aliphatic carbocycles. The molecule has 0 atom stereocenters. The fourth-order valence-corrected chi connectivity index (χ4v) is 0.687. The predicted octanol–water partition coefficient (Wildman–Crippen LogP) is 0.951. The van der Waals surface area contributed by atoms with E-state index >= 15 is 0 Å². The van der Waals surface area contributed by atoms with Crippen LogP contribution in [-0.2, 0) is 0 Å². The predicted molar refractivity (Wildman–Crippen MR) is 35.6 cm³/mol. The van der Waals surface area contributed by atoms with Crippen LogP contribution in [0.3, 0.4) is 0 Å². The molecule has 0 amide bonds. The molecular formula is C2BrClN4O2. The summed E-state index contributed by atoms with van der Waals surface area (Å²) in [5.41, 5.74) is 0. The molecule has 0 unspecified atom stereocenters. The average molecular weight is 227 g/mol. The quantitative estimate of drug-likeness (QED) is 0.529. The zero-order chi connectivity index (χ0) is 7.72. The second kappa shape index (κ2) is 2.51. The molecule has 0 bridgehead atoms. The molecule has 1 heterocycles. The molecule has 0 spiro atoms. The average Bonchev–Trinajstić information content (AvgIpc) is 2.13. The summed E-state index contributed by atoms with van der Waals surface area (Å²) < 4.78 is 0.860. The lowest BCUT2D eigenvalue weighted by Gasteiger charge is -1.81. The van der Waals surface area contributed by atoms with Gasteiger partial charge in [-0.1, -0.05) is 4.20 Å². The number of rotatable bonds is 1. The Hall–Kier alpha value is -0.690. The van der Waals surface area contributed by atoms with Crippen LogP contribution >= 0.6 is 27.7 Å². The third-order valence-electron chi connectivity index (χ3n) is 0.685. The molecule has 0 saturated heterocycles. The second-order valence-electron chi connectivity index (χ2n) is 1.30. The molecule has 0 radical (unpaired) electrons. The van der Waals surface area contributed by atoms with Crippen LogP contribution < -0.4 is 0 Å². The molecule has 6 nitrogen and oxygen atoms in total. The van der Waals surface area contributed by atoms with E-state index in [1.165, 1.54) is 0 Å². The number of nitro groups is 1. The molecule has 0 N–H and O–H groups in total. The normalized spacial score (nSPS) is 9.80. The first kappa shape index (κ1) is 7.42. The SMILES string of the molecule is O=[N+]([O-])c1nc(Br)n(Cl)n1.